The number of thioether (sulfide) groups is 1. The third kappa shape index (κ3) is 4.44. The molecule has 1 N–H and O–H groups in total. The van der Waals surface area contributed by atoms with Crippen LogP contribution in [0.2, 0.25) is 0 Å². The number of hydrogen-bond donors (Lipinski definition) is 1. The molecule has 0 saturated carbocycles. The number of nitrogens with one attached hydrogen (secondary N) is 1. The van der Waals surface area contributed by atoms with Crippen molar-refractivity contribution in [3.8, 4) is 0 Å². The van der Waals surface area contributed by atoms with Crippen molar-refractivity contribution < 1.29 is 0 Å². The first-order chi connectivity index (χ1) is 8.88. The van der Waals surface area contributed by atoms with Crippen LogP contribution >= 0.6 is 23.1 Å². The van der Waals surface area contributed by atoms with Crippen molar-refractivity contribution in [3.63, 3.8) is 0 Å². The fourth-order valence-electron chi connectivity index (χ4n) is 1.55. The molecule has 0 amide bonds. The minimum atomic E-state index is 0.946. The van der Waals surface area contributed by atoms with Crippen LogP contribution in [0.15, 0.2) is 41.4 Å². The van der Waals surface area contributed by atoms with Crippen molar-refractivity contribution in [3.05, 3.63) is 46.4 Å². The van der Waals surface area contributed by atoms with Crippen LogP contribution in [-0.4, -0.2) is 11.5 Å². The van der Waals surface area contributed by atoms with Gasteiger partial charge in [-0.2, -0.15) is 0 Å². The van der Waals surface area contributed by atoms with Gasteiger partial charge in [-0.15, -0.1) is 23.1 Å². The van der Waals surface area contributed by atoms with E-state index in [2.05, 4.69) is 41.5 Å². The molecule has 2 aromatic rings. The van der Waals surface area contributed by atoms with Gasteiger partial charge in [-0.05, 0) is 25.1 Å². The van der Waals surface area contributed by atoms with Gasteiger partial charge >= 0.3 is 0 Å². The lowest BCUT2D eigenvalue weighted by Gasteiger charge is -1.99. The summed E-state index contributed by atoms with van der Waals surface area (Å²) in [5.74, 6) is 0.961. The summed E-state index contributed by atoms with van der Waals surface area (Å²) in [6.45, 7) is 4.20. The van der Waals surface area contributed by atoms with Gasteiger partial charge in [-0.25, -0.2) is 4.98 Å². The number of thiazole rings is 1. The molecule has 18 heavy (non-hydrogen) atoms. The molecule has 1 aromatic heterocycles. The molecule has 4 heteroatoms. The summed E-state index contributed by atoms with van der Waals surface area (Å²) in [5, 5.41) is 4.61. The molecular formula is C14H18N2S2. The van der Waals surface area contributed by atoms with Crippen LogP contribution in [-0.2, 0) is 12.3 Å². The molecule has 0 spiro atoms. The van der Waals surface area contributed by atoms with E-state index in [1.165, 1.54) is 21.2 Å². The van der Waals surface area contributed by atoms with Crippen LogP contribution < -0.4 is 5.32 Å². The normalized spacial score (nSPS) is 10.7. The topological polar surface area (TPSA) is 24.9 Å². The highest BCUT2D eigenvalue weighted by molar-refractivity contribution is 7.98. The average molecular weight is 278 g/mol. The maximum Gasteiger partial charge on any atom is 0.103 e. The SMILES string of the molecule is CCCNCc1cnc(CSc2ccccc2)s1. The molecule has 0 aliphatic rings. The molecule has 1 heterocycles. The number of benzene rings is 1. The Morgan fingerprint density at radius 1 is 1.28 bits per heavy atom. The summed E-state index contributed by atoms with van der Waals surface area (Å²) in [5.41, 5.74) is 0. The lowest BCUT2D eigenvalue weighted by molar-refractivity contribution is 0.681. The van der Waals surface area contributed by atoms with Gasteiger partial charge in [0.2, 0.25) is 0 Å². The molecule has 2 nitrogen and oxygen atoms in total. The van der Waals surface area contributed by atoms with Gasteiger partial charge in [0.25, 0.3) is 0 Å². The highest BCUT2D eigenvalue weighted by atomic mass is 32.2. The van der Waals surface area contributed by atoms with E-state index in [-0.39, 0.29) is 0 Å². The Kier molecular flexibility index (Phi) is 5.71. The standard InChI is InChI=1S/C14H18N2S2/c1-2-8-15-9-13-10-16-14(18-13)11-17-12-6-4-3-5-7-12/h3-7,10,15H,2,8-9,11H2,1H3. The Balaban J connectivity index is 1.80. The van der Waals surface area contributed by atoms with Crippen molar-refractivity contribution in [2.45, 2.75) is 30.5 Å². The minimum absolute atomic E-state index is 0.946. The second-order valence-electron chi connectivity index (χ2n) is 4.00. The van der Waals surface area contributed by atoms with Gasteiger partial charge in [-0.3, -0.25) is 0 Å². The average Bonchev–Trinajstić information content (AvgIpc) is 2.86. The van der Waals surface area contributed by atoms with Gasteiger partial charge in [0.15, 0.2) is 0 Å². The fraction of sp³-hybridized carbons (Fsp3) is 0.357. The summed E-state index contributed by atoms with van der Waals surface area (Å²) in [6, 6.07) is 10.5. The third-order valence-electron chi connectivity index (χ3n) is 2.43. The van der Waals surface area contributed by atoms with E-state index in [0.29, 0.717) is 0 Å². The second kappa shape index (κ2) is 7.56. The maximum absolute atomic E-state index is 4.47. The van der Waals surface area contributed by atoms with E-state index in [9.17, 15) is 0 Å². The Labute approximate surface area is 117 Å². The van der Waals surface area contributed by atoms with Crippen LogP contribution in [0.25, 0.3) is 0 Å². The zero-order valence-corrected chi connectivity index (χ0v) is 12.2. The Morgan fingerprint density at radius 2 is 2.11 bits per heavy atom. The van der Waals surface area contributed by atoms with Crippen LogP contribution in [0.4, 0.5) is 0 Å². The van der Waals surface area contributed by atoms with Gasteiger partial charge < -0.3 is 5.32 Å². The summed E-state index contributed by atoms with van der Waals surface area (Å²) in [4.78, 5) is 7.10. The Bertz CT molecular complexity index is 454. The minimum Gasteiger partial charge on any atom is -0.312 e. The van der Waals surface area contributed by atoms with Crippen molar-refractivity contribution in [2.75, 3.05) is 6.54 Å². The second-order valence-corrected chi connectivity index (χ2v) is 6.25. The number of aromatic nitrogens is 1. The molecule has 1 aromatic carbocycles. The highest BCUT2D eigenvalue weighted by Gasteiger charge is 2.02. The first-order valence-electron chi connectivity index (χ1n) is 6.20. The first kappa shape index (κ1) is 13.6. The van der Waals surface area contributed by atoms with E-state index in [4.69, 9.17) is 0 Å². The molecule has 96 valence electrons. The summed E-state index contributed by atoms with van der Waals surface area (Å²) >= 11 is 3.65. The van der Waals surface area contributed by atoms with E-state index in [0.717, 1.165) is 18.8 Å². The molecule has 0 radical (unpaired) electrons. The van der Waals surface area contributed by atoms with E-state index in [1.807, 2.05) is 35.4 Å². The lowest BCUT2D eigenvalue weighted by atomic mass is 10.4. The number of hydrogen-bond acceptors (Lipinski definition) is 4. The van der Waals surface area contributed by atoms with E-state index < -0.39 is 0 Å². The molecular weight excluding hydrogens is 260 g/mol. The summed E-state index contributed by atoms with van der Waals surface area (Å²) < 4.78 is 0. The summed E-state index contributed by atoms with van der Waals surface area (Å²) in [6.07, 6.45) is 3.17. The maximum atomic E-state index is 4.47. The van der Waals surface area contributed by atoms with Gasteiger partial charge in [0.1, 0.15) is 5.01 Å². The predicted octanol–water partition coefficient (Wildman–Crippen LogP) is 3.94. The number of nitrogens with zero attached hydrogens (tertiary/aromatic N) is 1. The molecule has 0 aliphatic heterocycles. The first-order valence-corrected chi connectivity index (χ1v) is 8.01. The van der Waals surface area contributed by atoms with Gasteiger partial charge in [0, 0.05) is 22.5 Å². The van der Waals surface area contributed by atoms with E-state index >= 15 is 0 Å². The Hall–Kier alpha value is -0.840. The monoisotopic (exact) mass is 278 g/mol. The van der Waals surface area contributed by atoms with Crippen molar-refractivity contribution >= 4 is 23.1 Å². The third-order valence-corrected chi connectivity index (χ3v) is 4.64. The van der Waals surface area contributed by atoms with Crippen LogP contribution in [0, 0.1) is 0 Å². The highest BCUT2D eigenvalue weighted by Crippen LogP contribution is 2.24. The quantitative estimate of drug-likeness (QED) is 0.613. The van der Waals surface area contributed by atoms with Crippen molar-refractivity contribution in [1.29, 1.82) is 0 Å². The van der Waals surface area contributed by atoms with Crippen molar-refractivity contribution in [1.82, 2.24) is 10.3 Å². The van der Waals surface area contributed by atoms with Gasteiger partial charge in [-0.1, -0.05) is 25.1 Å². The molecule has 0 bridgehead atoms. The molecule has 0 fully saturated rings. The van der Waals surface area contributed by atoms with Gasteiger partial charge in [0.05, 0.1) is 5.75 Å². The number of rotatable bonds is 7. The van der Waals surface area contributed by atoms with Crippen LogP contribution in [0.3, 0.4) is 0 Å². The zero-order chi connectivity index (χ0) is 12.6. The smallest absolute Gasteiger partial charge is 0.103 e. The predicted molar refractivity (Wildman–Crippen MR) is 80.1 cm³/mol. The molecule has 0 aliphatic carbocycles. The largest absolute Gasteiger partial charge is 0.312 e. The lowest BCUT2D eigenvalue weighted by Crippen LogP contribution is -2.12. The Morgan fingerprint density at radius 3 is 2.89 bits per heavy atom. The van der Waals surface area contributed by atoms with E-state index in [1.54, 1.807) is 0 Å². The summed E-state index contributed by atoms with van der Waals surface area (Å²) in [7, 11) is 0. The van der Waals surface area contributed by atoms with Crippen LogP contribution in [0.1, 0.15) is 23.2 Å². The van der Waals surface area contributed by atoms with Crippen LogP contribution in [0.5, 0.6) is 0 Å². The molecule has 0 atom stereocenters. The molecule has 0 unspecified atom stereocenters. The molecule has 2 rings (SSSR count). The van der Waals surface area contributed by atoms with Crippen molar-refractivity contribution in [2.24, 2.45) is 0 Å². The molecule has 0 saturated heterocycles. The zero-order valence-electron chi connectivity index (χ0n) is 10.6. The fourth-order valence-corrected chi connectivity index (χ4v) is 3.36.